The first kappa shape index (κ1) is 15.8. The zero-order valence-electron chi connectivity index (χ0n) is 12.3. The van der Waals surface area contributed by atoms with Gasteiger partial charge < -0.3 is 10.2 Å². The van der Waals surface area contributed by atoms with E-state index in [1.165, 1.54) is 10.6 Å². The molecule has 2 rings (SSSR count). The molecule has 2 heterocycles. The Bertz CT molecular complexity index is 564. The average Bonchev–Trinajstić information content (AvgIpc) is 2.90. The molecule has 2 amide bonds. The summed E-state index contributed by atoms with van der Waals surface area (Å²) in [5.41, 5.74) is 0. The van der Waals surface area contributed by atoms with Crippen molar-refractivity contribution in [1.29, 1.82) is 0 Å². The fourth-order valence-electron chi connectivity index (χ4n) is 2.26. The van der Waals surface area contributed by atoms with Gasteiger partial charge in [-0.2, -0.15) is 9.40 Å². The molecule has 1 aromatic rings. The Morgan fingerprint density at radius 1 is 1.33 bits per heavy atom. The molecule has 1 atom stereocenters. The van der Waals surface area contributed by atoms with E-state index in [-0.39, 0.29) is 12.1 Å². The molecule has 1 aliphatic rings. The number of amides is 2. The zero-order chi connectivity index (χ0) is 15.5. The van der Waals surface area contributed by atoms with E-state index in [2.05, 4.69) is 10.4 Å². The number of nitrogens with one attached hydrogen (secondary N) is 1. The highest BCUT2D eigenvalue weighted by Gasteiger charge is 2.26. The number of nitrogens with zero attached hydrogens (tertiary/aromatic N) is 4. The monoisotopic (exact) mass is 315 g/mol. The van der Waals surface area contributed by atoms with E-state index in [0.29, 0.717) is 32.7 Å². The molecule has 0 saturated carbocycles. The van der Waals surface area contributed by atoms with Gasteiger partial charge in [-0.05, 0) is 13.0 Å². The lowest BCUT2D eigenvalue weighted by Crippen LogP contribution is -2.54. The topological polar surface area (TPSA) is 87.5 Å². The van der Waals surface area contributed by atoms with Crippen molar-refractivity contribution < 1.29 is 13.2 Å². The van der Waals surface area contributed by atoms with Crippen LogP contribution in [0.4, 0.5) is 4.79 Å². The molecule has 0 radical (unpaired) electrons. The van der Waals surface area contributed by atoms with Gasteiger partial charge in [0.1, 0.15) is 0 Å². The maximum Gasteiger partial charge on any atom is 0.317 e. The quantitative estimate of drug-likeness (QED) is 0.816. The molecule has 21 heavy (non-hydrogen) atoms. The Labute approximate surface area is 124 Å². The van der Waals surface area contributed by atoms with Crippen molar-refractivity contribution in [3.05, 3.63) is 18.5 Å². The molecule has 1 aliphatic heterocycles. The van der Waals surface area contributed by atoms with Gasteiger partial charge in [-0.3, -0.25) is 4.68 Å². The van der Waals surface area contributed by atoms with Crippen LogP contribution in [0.2, 0.25) is 0 Å². The maximum atomic E-state index is 12.1. The number of aromatic nitrogens is 2. The molecular formula is C12H21N5O3S. The fraction of sp³-hybridized carbons (Fsp3) is 0.667. The molecule has 1 unspecified atom stereocenters. The van der Waals surface area contributed by atoms with Crippen molar-refractivity contribution in [1.82, 2.24) is 24.3 Å². The fourth-order valence-corrected chi connectivity index (χ4v) is 3.09. The van der Waals surface area contributed by atoms with E-state index in [0.717, 1.165) is 0 Å². The second kappa shape index (κ2) is 6.44. The summed E-state index contributed by atoms with van der Waals surface area (Å²) in [4.78, 5) is 13.8. The van der Waals surface area contributed by atoms with Crippen LogP contribution in [-0.4, -0.2) is 71.9 Å². The van der Waals surface area contributed by atoms with Gasteiger partial charge in [-0.15, -0.1) is 0 Å². The molecule has 0 bridgehead atoms. The second-order valence-electron chi connectivity index (χ2n) is 5.23. The Hall–Kier alpha value is -1.61. The van der Waals surface area contributed by atoms with Gasteiger partial charge in [-0.25, -0.2) is 13.2 Å². The highest BCUT2D eigenvalue weighted by atomic mass is 32.2. The maximum absolute atomic E-state index is 12.1. The number of hydrogen-bond donors (Lipinski definition) is 1. The number of piperazine rings is 1. The van der Waals surface area contributed by atoms with Crippen molar-refractivity contribution in [2.45, 2.75) is 19.5 Å². The van der Waals surface area contributed by atoms with Crippen LogP contribution < -0.4 is 5.32 Å². The molecule has 0 aromatic carbocycles. The standard InChI is InChI=1S/C12H21N5O3S/c1-11(10-16-5-3-4-13-16)14-12(18)15-6-8-17(9-7-15)21(2,19)20/h3-5,11H,6-10H2,1-2H3,(H,14,18). The van der Waals surface area contributed by atoms with Crippen molar-refractivity contribution >= 4 is 16.1 Å². The third-order valence-electron chi connectivity index (χ3n) is 3.38. The first-order chi connectivity index (χ1) is 9.86. The summed E-state index contributed by atoms with van der Waals surface area (Å²) >= 11 is 0. The van der Waals surface area contributed by atoms with Crippen molar-refractivity contribution in [2.75, 3.05) is 32.4 Å². The van der Waals surface area contributed by atoms with E-state index in [9.17, 15) is 13.2 Å². The minimum atomic E-state index is -3.17. The van der Waals surface area contributed by atoms with E-state index in [1.54, 1.807) is 15.8 Å². The first-order valence-corrected chi connectivity index (χ1v) is 8.69. The Balaban J connectivity index is 1.79. The molecule has 1 N–H and O–H groups in total. The largest absolute Gasteiger partial charge is 0.334 e. The van der Waals surface area contributed by atoms with E-state index >= 15 is 0 Å². The summed E-state index contributed by atoms with van der Waals surface area (Å²) in [5.74, 6) is 0. The number of hydrogen-bond acceptors (Lipinski definition) is 4. The van der Waals surface area contributed by atoms with Gasteiger partial charge in [0, 0.05) is 44.6 Å². The van der Waals surface area contributed by atoms with Gasteiger partial charge in [0.15, 0.2) is 0 Å². The summed E-state index contributed by atoms with van der Waals surface area (Å²) in [6, 6.07) is 1.62. The third-order valence-corrected chi connectivity index (χ3v) is 4.69. The van der Waals surface area contributed by atoms with Crippen LogP contribution in [0.5, 0.6) is 0 Å². The molecule has 0 spiro atoms. The molecule has 0 aliphatic carbocycles. The van der Waals surface area contributed by atoms with Crippen LogP contribution >= 0.6 is 0 Å². The molecule has 8 nitrogen and oxygen atoms in total. The number of urea groups is 1. The lowest BCUT2D eigenvalue weighted by molar-refractivity contribution is 0.168. The van der Waals surface area contributed by atoms with E-state index < -0.39 is 10.0 Å². The van der Waals surface area contributed by atoms with Crippen molar-refractivity contribution in [2.24, 2.45) is 0 Å². The van der Waals surface area contributed by atoms with Crippen LogP contribution in [0, 0.1) is 0 Å². The van der Waals surface area contributed by atoms with E-state index in [4.69, 9.17) is 0 Å². The molecule has 1 aromatic heterocycles. The first-order valence-electron chi connectivity index (χ1n) is 6.84. The summed E-state index contributed by atoms with van der Waals surface area (Å²) in [6.45, 7) is 4.02. The Morgan fingerprint density at radius 2 is 2.00 bits per heavy atom. The van der Waals surface area contributed by atoms with E-state index in [1.807, 2.05) is 19.2 Å². The summed E-state index contributed by atoms with van der Waals surface area (Å²) in [6.07, 6.45) is 4.72. The van der Waals surface area contributed by atoms with Crippen molar-refractivity contribution in [3.8, 4) is 0 Å². The van der Waals surface area contributed by atoms with Crippen LogP contribution in [0.25, 0.3) is 0 Å². The van der Waals surface area contributed by atoms with Gasteiger partial charge in [-0.1, -0.05) is 0 Å². The highest BCUT2D eigenvalue weighted by molar-refractivity contribution is 7.88. The second-order valence-corrected chi connectivity index (χ2v) is 7.21. The van der Waals surface area contributed by atoms with Crippen LogP contribution in [0.1, 0.15) is 6.92 Å². The SMILES string of the molecule is CC(Cn1cccn1)NC(=O)N1CCN(S(C)(=O)=O)CC1. The predicted molar refractivity (Wildman–Crippen MR) is 78.2 cm³/mol. The zero-order valence-corrected chi connectivity index (χ0v) is 13.1. The normalized spacial score (nSPS) is 18.5. The van der Waals surface area contributed by atoms with Crippen LogP contribution in [-0.2, 0) is 16.6 Å². The smallest absolute Gasteiger partial charge is 0.317 e. The van der Waals surface area contributed by atoms with Gasteiger partial charge >= 0.3 is 6.03 Å². The lowest BCUT2D eigenvalue weighted by Gasteiger charge is -2.33. The molecule has 118 valence electrons. The number of sulfonamides is 1. The third kappa shape index (κ3) is 4.43. The van der Waals surface area contributed by atoms with Gasteiger partial charge in [0.2, 0.25) is 10.0 Å². The minimum absolute atomic E-state index is 0.0506. The number of carbonyl (C=O) groups excluding carboxylic acids is 1. The highest BCUT2D eigenvalue weighted by Crippen LogP contribution is 2.06. The van der Waals surface area contributed by atoms with Gasteiger partial charge in [0.05, 0.1) is 12.8 Å². The Kier molecular flexibility index (Phi) is 4.84. The van der Waals surface area contributed by atoms with Gasteiger partial charge in [0.25, 0.3) is 0 Å². The van der Waals surface area contributed by atoms with Crippen molar-refractivity contribution in [3.63, 3.8) is 0 Å². The molecular weight excluding hydrogens is 294 g/mol. The molecule has 1 saturated heterocycles. The minimum Gasteiger partial charge on any atom is -0.334 e. The summed E-state index contributed by atoms with van der Waals surface area (Å²) in [5, 5.41) is 6.99. The van der Waals surface area contributed by atoms with Crippen LogP contribution in [0.3, 0.4) is 0 Å². The molecule has 1 fully saturated rings. The number of rotatable bonds is 4. The van der Waals surface area contributed by atoms with Crippen LogP contribution in [0.15, 0.2) is 18.5 Å². The molecule has 9 heteroatoms. The summed E-state index contributed by atoms with van der Waals surface area (Å²) in [7, 11) is -3.17. The Morgan fingerprint density at radius 3 is 2.52 bits per heavy atom. The summed E-state index contributed by atoms with van der Waals surface area (Å²) < 4.78 is 26.0. The number of carbonyl (C=O) groups is 1. The predicted octanol–water partition coefficient (Wildman–Crippen LogP) is -0.442. The lowest BCUT2D eigenvalue weighted by atomic mass is 10.3. The average molecular weight is 315 g/mol.